The lowest BCUT2D eigenvalue weighted by Gasteiger charge is -2.08. The molecule has 0 spiro atoms. The van der Waals surface area contributed by atoms with Gasteiger partial charge in [0.1, 0.15) is 5.75 Å². The molecule has 4 nitrogen and oxygen atoms in total. The molecule has 0 aliphatic heterocycles. The van der Waals surface area contributed by atoms with Gasteiger partial charge in [-0.05, 0) is 61.6 Å². The maximum atomic E-state index is 12.4. The summed E-state index contributed by atoms with van der Waals surface area (Å²) in [6.45, 7) is 3.86. The van der Waals surface area contributed by atoms with Crippen molar-refractivity contribution < 1.29 is 14.3 Å². The van der Waals surface area contributed by atoms with Gasteiger partial charge in [0.25, 0.3) is 5.91 Å². The summed E-state index contributed by atoms with van der Waals surface area (Å²) >= 11 is 0. The molecule has 1 N–H and O–H groups in total. The molecule has 2 aromatic carbocycles. The molecule has 0 aliphatic rings. The van der Waals surface area contributed by atoms with Crippen LogP contribution in [-0.2, 0) is 16.0 Å². The van der Waals surface area contributed by atoms with Crippen LogP contribution in [0.3, 0.4) is 0 Å². The van der Waals surface area contributed by atoms with Crippen molar-refractivity contribution in [3.63, 3.8) is 0 Å². The quantitative estimate of drug-likeness (QED) is 0.341. The molecule has 0 saturated heterocycles. The topological polar surface area (TPSA) is 55.4 Å². The van der Waals surface area contributed by atoms with Crippen molar-refractivity contribution in [3.8, 4) is 5.75 Å². The van der Waals surface area contributed by atoms with Gasteiger partial charge in [0.05, 0.1) is 12.7 Å². The Morgan fingerprint density at radius 3 is 2.46 bits per heavy atom. The number of ether oxygens (including phenoxy) is 1. The molecule has 0 atom stereocenters. The van der Waals surface area contributed by atoms with E-state index in [-0.39, 0.29) is 17.3 Å². The fraction of sp³-hybridized carbons (Fsp3) is 0.273. The van der Waals surface area contributed by atoms with E-state index < -0.39 is 0 Å². The van der Waals surface area contributed by atoms with Crippen LogP contribution >= 0.6 is 0 Å². The number of carbonyl (C=O) groups is 2. The average Bonchev–Trinajstić information content (AvgIpc) is 2.64. The van der Waals surface area contributed by atoms with E-state index in [0.29, 0.717) is 6.54 Å². The van der Waals surface area contributed by atoms with E-state index >= 15 is 0 Å². The Bertz CT molecular complexity index is 794. The zero-order valence-corrected chi connectivity index (χ0v) is 15.5. The molecule has 4 heteroatoms. The Labute approximate surface area is 154 Å². The molecule has 2 rings (SSSR count). The van der Waals surface area contributed by atoms with E-state index in [1.165, 1.54) is 12.5 Å². The van der Waals surface area contributed by atoms with E-state index in [1.807, 2.05) is 43.3 Å². The van der Waals surface area contributed by atoms with E-state index in [0.717, 1.165) is 29.7 Å². The smallest absolute Gasteiger partial charge is 0.254 e. The Morgan fingerprint density at radius 1 is 1.12 bits per heavy atom. The van der Waals surface area contributed by atoms with Crippen LogP contribution in [-0.4, -0.2) is 25.3 Å². The van der Waals surface area contributed by atoms with Crippen LogP contribution in [0.5, 0.6) is 5.75 Å². The number of rotatable bonds is 8. The summed E-state index contributed by atoms with van der Waals surface area (Å²) in [7, 11) is 1.61. The van der Waals surface area contributed by atoms with Crippen molar-refractivity contribution in [1.82, 2.24) is 5.32 Å². The largest absolute Gasteiger partial charge is 0.496 e. The van der Waals surface area contributed by atoms with E-state index in [2.05, 4.69) is 17.4 Å². The van der Waals surface area contributed by atoms with Gasteiger partial charge < -0.3 is 10.1 Å². The second-order valence-corrected chi connectivity index (χ2v) is 6.19. The van der Waals surface area contributed by atoms with Gasteiger partial charge in [0, 0.05) is 6.54 Å². The minimum atomic E-state index is -0.334. The Balaban J connectivity index is 1.98. The molecule has 26 heavy (non-hydrogen) atoms. The summed E-state index contributed by atoms with van der Waals surface area (Å²) in [4.78, 5) is 24.3. The number of Topliss-reactive ketones (excluding diaryl/α,β-unsaturated/α-hetero) is 1. The molecule has 136 valence electrons. The lowest BCUT2D eigenvalue weighted by Crippen LogP contribution is -2.28. The van der Waals surface area contributed by atoms with Crippen molar-refractivity contribution in [3.05, 3.63) is 70.8 Å². The molecule has 2 aromatic rings. The number of hydrogen-bond donors (Lipinski definition) is 1. The minimum Gasteiger partial charge on any atom is -0.496 e. The monoisotopic (exact) mass is 351 g/mol. The van der Waals surface area contributed by atoms with Crippen LogP contribution in [0.25, 0.3) is 6.08 Å². The molecule has 0 bridgehead atoms. The number of hydrogen-bond acceptors (Lipinski definition) is 3. The predicted molar refractivity (Wildman–Crippen MR) is 104 cm³/mol. The van der Waals surface area contributed by atoms with Crippen LogP contribution in [0.15, 0.2) is 54.1 Å². The standard InChI is InChI=1S/C22H25NO3/c1-16-14-19(11-12-21(16)26-3)15-20(17(2)24)22(25)23-13-7-10-18-8-5-4-6-9-18/h4-6,8-9,11-12,14-15H,7,10,13H2,1-3H3,(H,23,25)/b20-15-. The van der Waals surface area contributed by atoms with Crippen molar-refractivity contribution in [2.45, 2.75) is 26.7 Å². The van der Waals surface area contributed by atoms with Crippen molar-refractivity contribution in [2.75, 3.05) is 13.7 Å². The Kier molecular flexibility index (Phi) is 7.15. The minimum absolute atomic E-state index is 0.161. The summed E-state index contributed by atoms with van der Waals surface area (Å²) in [5.41, 5.74) is 3.15. The number of nitrogens with one attached hydrogen (secondary N) is 1. The normalized spacial score (nSPS) is 11.1. The number of ketones is 1. The molecule has 0 unspecified atom stereocenters. The van der Waals surface area contributed by atoms with Gasteiger partial charge in [0.2, 0.25) is 0 Å². The Morgan fingerprint density at radius 2 is 1.85 bits per heavy atom. The number of benzene rings is 2. The molecule has 0 radical (unpaired) electrons. The van der Waals surface area contributed by atoms with Crippen molar-refractivity contribution in [2.24, 2.45) is 0 Å². The van der Waals surface area contributed by atoms with Gasteiger partial charge in [-0.3, -0.25) is 9.59 Å². The van der Waals surface area contributed by atoms with Gasteiger partial charge in [-0.1, -0.05) is 36.4 Å². The van der Waals surface area contributed by atoms with E-state index in [9.17, 15) is 9.59 Å². The fourth-order valence-electron chi connectivity index (χ4n) is 2.72. The maximum Gasteiger partial charge on any atom is 0.254 e. The first-order valence-electron chi connectivity index (χ1n) is 8.70. The van der Waals surface area contributed by atoms with Crippen LogP contribution in [0, 0.1) is 6.92 Å². The zero-order chi connectivity index (χ0) is 18.9. The first kappa shape index (κ1) is 19.4. The number of methoxy groups -OCH3 is 1. The van der Waals surface area contributed by atoms with Crippen molar-refractivity contribution >= 4 is 17.8 Å². The summed E-state index contributed by atoms with van der Waals surface area (Å²) in [6, 6.07) is 15.7. The SMILES string of the molecule is COc1ccc(/C=C(/C(C)=O)C(=O)NCCCc2ccccc2)cc1C. The second-order valence-electron chi connectivity index (χ2n) is 6.19. The number of carbonyl (C=O) groups excluding carboxylic acids is 2. The molecular weight excluding hydrogens is 326 g/mol. The molecule has 0 aliphatic carbocycles. The van der Waals surface area contributed by atoms with Gasteiger partial charge in [-0.2, -0.15) is 0 Å². The highest BCUT2D eigenvalue weighted by molar-refractivity contribution is 6.21. The summed E-state index contributed by atoms with van der Waals surface area (Å²) in [5, 5.41) is 2.84. The predicted octanol–water partition coefficient (Wildman–Crippen LogP) is 3.73. The van der Waals surface area contributed by atoms with Gasteiger partial charge in [-0.25, -0.2) is 0 Å². The lowest BCUT2D eigenvalue weighted by atomic mass is 10.0. The zero-order valence-electron chi connectivity index (χ0n) is 15.5. The third-order valence-corrected chi connectivity index (χ3v) is 4.12. The van der Waals surface area contributed by atoms with Gasteiger partial charge in [-0.15, -0.1) is 0 Å². The van der Waals surface area contributed by atoms with Crippen LogP contribution in [0.1, 0.15) is 30.0 Å². The Hall–Kier alpha value is -2.88. The fourth-order valence-corrected chi connectivity index (χ4v) is 2.72. The third-order valence-electron chi connectivity index (χ3n) is 4.12. The first-order chi connectivity index (χ1) is 12.5. The van der Waals surface area contributed by atoms with E-state index in [4.69, 9.17) is 4.74 Å². The van der Waals surface area contributed by atoms with Crippen LogP contribution < -0.4 is 10.1 Å². The maximum absolute atomic E-state index is 12.4. The van der Waals surface area contributed by atoms with Gasteiger partial charge >= 0.3 is 0 Å². The average molecular weight is 351 g/mol. The van der Waals surface area contributed by atoms with E-state index in [1.54, 1.807) is 13.2 Å². The highest BCUT2D eigenvalue weighted by Gasteiger charge is 2.14. The second kappa shape index (κ2) is 9.56. The van der Waals surface area contributed by atoms with Crippen LogP contribution in [0.4, 0.5) is 0 Å². The lowest BCUT2D eigenvalue weighted by molar-refractivity contribution is -0.121. The number of amides is 1. The molecule has 0 saturated carbocycles. The van der Waals surface area contributed by atoms with Gasteiger partial charge in [0.15, 0.2) is 5.78 Å². The molecule has 1 amide bonds. The summed E-state index contributed by atoms with van der Waals surface area (Å²) in [6.07, 6.45) is 3.34. The highest BCUT2D eigenvalue weighted by atomic mass is 16.5. The summed E-state index contributed by atoms with van der Waals surface area (Å²) < 4.78 is 5.23. The summed E-state index contributed by atoms with van der Waals surface area (Å²) in [5.74, 6) is 0.190. The number of aryl methyl sites for hydroxylation is 2. The molecule has 0 heterocycles. The van der Waals surface area contributed by atoms with Crippen molar-refractivity contribution in [1.29, 1.82) is 0 Å². The third kappa shape index (κ3) is 5.59. The molecule has 0 fully saturated rings. The first-order valence-corrected chi connectivity index (χ1v) is 8.70. The molecular formula is C22H25NO3. The van der Waals surface area contributed by atoms with Crippen LogP contribution in [0.2, 0.25) is 0 Å². The highest BCUT2D eigenvalue weighted by Crippen LogP contribution is 2.20. The molecule has 0 aromatic heterocycles.